The van der Waals surface area contributed by atoms with Crippen LogP contribution in [0.1, 0.15) is 13.3 Å². The largest absolute Gasteiger partial charge is 0.329 e. The third-order valence-electron chi connectivity index (χ3n) is 2.33. The predicted molar refractivity (Wildman–Crippen MR) is 59.8 cm³/mol. The fraction of sp³-hybridized carbons (Fsp3) is 0.400. The molecule has 0 spiro atoms. The Bertz CT molecular complexity index is 507. The molecule has 0 saturated heterocycles. The lowest BCUT2D eigenvalue weighted by Crippen LogP contribution is -2.40. The highest BCUT2D eigenvalue weighted by atomic mass is 32.2. The molecule has 0 aliphatic heterocycles. The standard InChI is InChI=1S/C10H13F3N2O2S/c1-2-7(5-14)15-18(16,17)10-8(12)3-6(11)4-9(10)13/h3-4,7,15H,2,5,14H2,1H3. The lowest BCUT2D eigenvalue weighted by Gasteiger charge is -2.15. The van der Waals surface area contributed by atoms with E-state index in [1.165, 1.54) is 0 Å². The smallest absolute Gasteiger partial charge is 0.246 e. The molecule has 0 aromatic heterocycles. The van der Waals surface area contributed by atoms with Gasteiger partial charge in [0.15, 0.2) is 4.90 Å². The van der Waals surface area contributed by atoms with E-state index in [4.69, 9.17) is 5.73 Å². The van der Waals surface area contributed by atoms with Crippen molar-refractivity contribution >= 4 is 10.0 Å². The summed E-state index contributed by atoms with van der Waals surface area (Å²) in [5.74, 6) is -4.14. The van der Waals surface area contributed by atoms with Crippen LogP contribution in [0.15, 0.2) is 17.0 Å². The van der Waals surface area contributed by atoms with Crippen LogP contribution in [0, 0.1) is 17.5 Å². The van der Waals surface area contributed by atoms with Crippen molar-refractivity contribution in [1.82, 2.24) is 4.72 Å². The zero-order chi connectivity index (χ0) is 13.9. The molecule has 1 rings (SSSR count). The summed E-state index contributed by atoms with van der Waals surface area (Å²) >= 11 is 0. The summed E-state index contributed by atoms with van der Waals surface area (Å²) in [4.78, 5) is -1.20. The van der Waals surface area contributed by atoms with Crippen LogP contribution in [-0.2, 0) is 10.0 Å². The molecule has 1 aromatic carbocycles. The summed E-state index contributed by atoms with van der Waals surface area (Å²) in [5, 5.41) is 0. The highest BCUT2D eigenvalue weighted by Crippen LogP contribution is 2.20. The van der Waals surface area contributed by atoms with Crippen LogP contribution in [0.25, 0.3) is 0 Å². The summed E-state index contributed by atoms with van der Waals surface area (Å²) in [6, 6.07) is -0.0268. The number of benzene rings is 1. The zero-order valence-electron chi connectivity index (χ0n) is 9.58. The Morgan fingerprint density at radius 3 is 2.17 bits per heavy atom. The van der Waals surface area contributed by atoms with Gasteiger partial charge in [0.05, 0.1) is 0 Å². The van der Waals surface area contributed by atoms with Crippen LogP contribution in [0.3, 0.4) is 0 Å². The molecule has 0 bridgehead atoms. The number of hydrogen-bond acceptors (Lipinski definition) is 3. The molecule has 0 saturated carbocycles. The van der Waals surface area contributed by atoms with E-state index in [2.05, 4.69) is 4.72 Å². The second kappa shape index (κ2) is 5.68. The van der Waals surface area contributed by atoms with E-state index < -0.39 is 38.4 Å². The number of hydrogen-bond donors (Lipinski definition) is 2. The Hall–Kier alpha value is -1.12. The predicted octanol–water partition coefficient (Wildman–Crippen LogP) is 1.12. The van der Waals surface area contributed by atoms with Crippen molar-refractivity contribution in [1.29, 1.82) is 0 Å². The summed E-state index contributed by atoms with van der Waals surface area (Å²) in [5.41, 5.74) is 5.29. The van der Waals surface area contributed by atoms with Gasteiger partial charge >= 0.3 is 0 Å². The van der Waals surface area contributed by atoms with Gasteiger partial charge in [-0.25, -0.2) is 26.3 Å². The van der Waals surface area contributed by atoms with Crippen molar-refractivity contribution in [2.45, 2.75) is 24.3 Å². The molecule has 4 nitrogen and oxygen atoms in total. The van der Waals surface area contributed by atoms with E-state index >= 15 is 0 Å². The monoisotopic (exact) mass is 282 g/mol. The van der Waals surface area contributed by atoms with Crippen LogP contribution >= 0.6 is 0 Å². The number of halogens is 3. The lowest BCUT2D eigenvalue weighted by atomic mass is 10.2. The molecule has 0 heterocycles. The summed E-state index contributed by atoms with van der Waals surface area (Å²) in [6.07, 6.45) is 0.361. The van der Waals surface area contributed by atoms with Crippen molar-refractivity contribution < 1.29 is 21.6 Å². The van der Waals surface area contributed by atoms with Crippen LogP contribution < -0.4 is 10.5 Å². The molecule has 0 fully saturated rings. The van der Waals surface area contributed by atoms with Gasteiger partial charge in [0.2, 0.25) is 10.0 Å². The summed E-state index contributed by atoms with van der Waals surface area (Å²) < 4.78 is 64.9. The maximum absolute atomic E-state index is 13.3. The third-order valence-corrected chi connectivity index (χ3v) is 3.90. The molecule has 0 amide bonds. The molecular weight excluding hydrogens is 269 g/mol. The SMILES string of the molecule is CCC(CN)NS(=O)(=O)c1c(F)cc(F)cc1F. The minimum atomic E-state index is -4.41. The molecule has 0 radical (unpaired) electrons. The Kier molecular flexibility index (Phi) is 4.71. The number of nitrogens with one attached hydrogen (secondary N) is 1. The second-order valence-electron chi connectivity index (χ2n) is 3.66. The Morgan fingerprint density at radius 2 is 1.78 bits per heavy atom. The molecule has 1 aromatic rings. The fourth-order valence-electron chi connectivity index (χ4n) is 1.36. The van der Waals surface area contributed by atoms with Crippen molar-refractivity contribution in [3.8, 4) is 0 Å². The van der Waals surface area contributed by atoms with Crippen LogP contribution in [0.2, 0.25) is 0 Å². The zero-order valence-corrected chi connectivity index (χ0v) is 10.4. The quantitative estimate of drug-likeness (QED) is 0.850. The van der Waals surface area contributed by atoms with Gasteiger partial charge in [0, 0.05) is 24.7 Å². The third kappa shape index (κ3) is 3.21. The van der Waals surface area contributed by atoms with E-state index in [0.717, 1.165) is 0 Å². The van der Waals surface area contributed by atoms with Crippen molar-refractivity contribution in [3.63, 3.8) is 0 Å². The first-order chi connectivity index (χ1) is 8.31. The van der Waals surface area contributed by atoms with Crippen LogP contribution in [-0.4, -0.2) is 21.0 Å². The second-order valence-corrected chi connectivity index (χ2v) is 5.31. The first-order valence-electron chi connectivity index (χ1n) is 5.18. The van der Waals surface area contributed by atoms with Gasteiger partial charge in [0.25, 0.3) is 0 Å². The van der Waals surface area contributed by atoms with Gasteiger partial charge in [-0.1, -0.05) is 6.92 Å². The van der Waals surface area contributed by atoms with E-state index in [0.29, 0.717) is 18.6 Å². The van der Waals surface area contributed by atoms with E-state index in [-0.39, 0.29) is 6.54 Å². The average Bonchev–Trinajstić information content (AvgIpc) is 2.23. The van der Waals surface area contributed by atoms with Gasteiger partial charge in [-0.05, 0) is 6.42 Å². The maximum Gasteiger partial charge on any atom is 0.246 e. The highest BCUT2D eigenvalue weighted by molar-refractivity contribution is 7.89. The molecule has 18 heavy (non-hydrogen) atoms. The first-order valence-corrected chi connectivity index (χ1v) is 6.67. The van der Waals surface area contributed by atoms with Gasteiger partial charge in [-0.3, -0.25) is 0 Å². The van der Waals surface area contributed by atoms with Gasteiger partial charge in [-0.15, -0.1) is 0 Å². The Labute approximate surface area is 103 Å². The van der Waals surface area contributed by atoms with Gasteiger partial charge in [0.1, 0.15) is 17.5 Å². The van der Waals surface area contributed by atoms with Crippen LogP contribution in [0.5, 0.6) is 0 Å². The highest BCUT2D eigenvalue weighted by Gasteiger charge is 2.26. The molecule has 0 aliphatic carbocycles. The maximum atomic E-state index is 13.3. The lowest BCUT2D eigenvalue weighted by molar-refractivity contribution is 0.487. The Morgan fingerprint density at radius 1 is 1.28 bits per heavy atom. The Balaban J connectivity index is 3.21. The topological polar surface area (TPSA) is 72.2 Å². The molecule has 1 unspecified atom stereocenters. The number of rotatable bonds is 5. The molecule has 102 valence electrons. The van der Waals surface area contributed by atoms with Crippen molar-refractivity contribution in [2.24, 2.45) is 5.73 Å². The molecule has 0 aliphatic rings. The average molecular weight is 282 g/mol. The molecule has 8 heteroatoms. The van der Waals surface area contributed by atoms with E-state index in [1.807, 2.05) is 0 Å². The fourth-order valence-corrected chi connectivity index (χ4v) is 2.81. The minimum Gasteiger partial charge on any atom is -0.329 e. The van der Waals surface area contributed by atoms with Crippen LogP contribution in [0.4, 0.5) is 13.2 Å². The number of sulfonamides is 1. The van der Waals surface area contributed by atoms with Crippen molar-refractivity contribution in [3.05, 3.63) is 29.6 Å². The molecule has 1 atom stereocenters. The minimum absolute atomic E-state index is 0.0137. The molecular formula is C10H13F3N2O2S. The van der Waals surface area contributed by atoms with E-state index in [1.54, 1.807) is 6.92 Å². The van der Waals surface area contributed by atoms with Gasteiger partial charge in [-0.2, -0.15) is 0 Å². The first kappa shape index (κ1) is 14.9. The van der Waals surface area contributed by atoms with E-state index in [9.17, 15) is 21.6 Å². The molecule has 3 N–H and O–H groups in total. The van der Waals surface area contributed by atoms with Crippen molar-refractivity contribution in [2.75, 3.05) is 6.54 Å². The summed E-state index contributed by atoms with van der Waals surface area (Å²) in [7, 11) is -4.41. The van der Waals surface area contributed by atoms with Gasteiger partial charge < -0.3 is 5.73 Å². The number of nitrogens with two attached hydrogens (primary N) is 1. The summed E-state index contributed by atoms with van der Waals surface area (Å²) in [6.45, 7) is 1.65. The normalized spacial score (nSPS) is 13.6.